The highest BCUT2D eigenvalue weighted by atomic mass is 32.2. The van der Waals surface area contributed by atoms with Crippen molar-refractivity contribution in [3.05, 3.63) is 124 Å². The number of anilines is 2. The molecule has 368 valence electrons. The van der Waals surface area contributed by atoms with Crippen molar-refractivity contribution in [1.29, 1.82) is 0 Å². The number of allylic oxidation sites excluding steroid dienone is 7. The molecule has 6 rings (SSSR count). The van der Waals surface area contributed by atoms with Gasteiger partial charge in [-0.05, 0) is 130 Å². The second-order valence-corrected chi connectivity index (χ2v) is 24.3. The van der Waals surface area contributed by atoms with Gasteiger partial charge in [0.1, 0.15) is 6.54 Å². The molecule has 0 saturated carbocycles. The minimum Gasteiger partial charge on any atom is -0.481 e. The van der Waals surface area contributed by atoms with Crippen LogP contribution in [0.3, 0.4) is 0 Å². The van der Waals surface area contributed by atoms with E-state index < -0.39 is 68.8 Å². The molecule has 3 aromatic rings. The lowest BCUT2D eigenvalue weighted by Crippen LogP contribution is -2.28. The number of nitrogens with zero attached hydrogens (tertiary/aromatic N) is 2. The summed E-state index contributed by atoms with van der Waals surface area (Å²) in [5, 5.41) is 12.9. The summed E-state index contributed by atoms with van der Waals surface area (Å²) in [7, 11) is -17.5. The molecule has 0 radical (unpaired) electrons. The van der Waals surface area contributed by atoms with E-state index in [2.05, 4.69) is 5.32 Å². The van der Waals surface area contributed by atoms with Gasteiger partial charge in [0.15, 0.2) is 5.71 Å². The minimum absolute atomic E-state index is 0.0307. The molecule has 0 amide bonds. The molecule has 0 saturated heterocycles. The highest BCUT2D eigenvalue weighted by Gasteiger charge is 2.45. The number of carbonyl (C=O) groups is 1. The zero-order valence-corrected chi connectivity index (χ0v) is 41.5. The maximum Gasteiger partial charge on any atom is 0.303 e. The number of aliphatic carboxylic acids is 1. The molecule has 21 heteroatoms. The number of fused-ring (bicyclic) bond motifs is 2. The Labute approximate surface area is 398 Å². The molecule has 0 unspecified atom stereocenters. The number of hydrogen-bond acceptors (Lipinski definition) is 11. The Bertz CT molecular complexity index is 3100. The number of unbranched alkanes of at least 4 members (excludes halogenated alkanes) is 2. The maximum absolute atomic E-state index is 12.3. The molecular formula is C47H58N3O14S4+. The Morgan fingerprint density at radius 2 is 1.32 bits per heavy atom. The first-order valence-electron chi connectivity index (χ1n) is 22.0. The zero-order chi connectivity index (χ0) is 50.0. The topological polar surface area (TPSA) is 273 Å². The van der Waals surface area contributed by atoms with E-state index in [1.165, 1.54) is 24.3 Å². The van der Waals surface area contributed by atoms with Crippen molar-refractivity contribution in [1.82, 2.24) is 0 Å². The molecule has 0 spiro atoms. The summed E-state index contributed by atoms with van der Waals surface area (Å²) >= 11 is 0. The largest absolute Gasteiger partial charge is 0.481 e. The van der Waals surface area contributed by atoms with Crippen LogP contribution in [-0.2, 0) is 62.5 Å². The van der Waals surface area contributed by atoms with E-state index in [0.29, 0.717) is 67.7 Å². The van der Waals surface area contributed by atoms with Crippen molar-refractivity contribution in [3.63, 3.8) is 0 Å². The van der Waals surface area contributed by atoms with Crippen LogP contribution in [0.4, 0.5) is 17.1 Å². The Hall–Kier alpha value is -5.00. The minimum atomic E-state index is -4.55. The SMILES string of the molecule is CC1(C)C(=CC=C2CCCC(C=CC3=[N+](CCCCS(=O)(=O)O)c4ccc(S(=O)(=O)O)cc4C3(C)C)=C2Nc2ccc(CCC(=O)O)cc2)N(CCCCS(=O)(=O)O)c2ccc(S(=O)(=O)O)cc21. The molecule has 0 aromatic heterocycles. The first kappa shape index (κ1) is 52.4. The van der Waals surface area contributed by atoms with Crippen LogP contribution in [0, 0.1) is 0 Å². The Kier molecular flexibility index (Phi) is 15.5. The maximum atomic E-state index is 12.3. The van der Waals surface area contributed by atoms with Gasteiger partial charge in [0.05, 0.1) is 26.7 Å². The van der Waals surface area contributed by atoms with Crippen LogP contribution >= 0.6 is 0 Å². The normalized spacial score (nSPS) is 18.5. The molecule has 0 atom stereocenters. The van der Waals surface area contributed by atoms with E-state index in [-0.39, 0.29) is 29.1 Å². The van der Waals surface area contributed by atoms with Gasteiger partial charge in [-0.1, -0.05) is 38.1 Å². The highest BCUT2D eigenvalue weighted by molar-refractivity contribution is 7.86. The van der Waals surface area contributed by atoms with Gasteiger partial charge in [0, 0.05) is 65.3 Å². The fraction of sp³-hybridized carbons (Fsp3) is 0.404. The third-order valence-electron chi connectivity index (χ3n) is 12.7. The van der Waals surface area contributed by atoms with Crippen molar-refractivity contribution < 1.29 is 66.4 Å². The predicted octanol–water partition coefficient (Wildman–Crippen LogP) is 7.62. The average molecular weight is 1020 g/mol. The van der Waals surface area contributed by atoms with E-state index in [1.54, 1.807) is 12.1 Å². The molecule has 2 heterocycles. The van der Waals surface area contributed by atoms with Gasteiger partial charge < -0.3 is 15.3 Å². The summed E-state index contributed by atoms with van der Waals surface area (Å²) in [5.41, 5.74) is 6.62. The number of hydrogen-bond donors (Lipinski definition) is 6. The summed E-state index contributed by atoms with van der Waals surface area (Å²) in [5.74, 6) is -1.78. The third kappa shape index (κ3) is 12.6. The second-order valence-electron chi connectivity index (χ2n) is 18.3. The van der Waals surface area contributed by atoms with E-state index in [9.17, 15) is 61.8 Å². The van der Waals surface area contributed by atoms with Crippen LogP contribution in [0.15, 0.2) is 117 Å². The van der Waals surface area contributed by atoms with Crippen LogP contribution in [0.2, 0.25) is 0 Å². The average Bonchev–Trinajstić information content (AvgIpc) is 3.58. The summed E-state index contributed by atoms with van der Waals surface area (Å²) < 4.78 is 136. The fourth-order valence-electron chi connectivity index (χ4n) is 9.15. The molecule has 1 aliphatic carbocycles. The highest BCUT2D eigenvalue weighted by Crippen LogP contribution is 2.49. The molecule has 68 heavy (non-hydrogen) atoms. The number of aryl methyl sites for hydroxylation is 1. The van der Waals surface area contributed by atoms with E-state index in [1.807, 2.05) is 85.7 Å². The summed E-state index contributed by atoms with van der Waals surface area (Å²) in [6.07, 6.45) is 11.2. The number of carboxylic acids is 1. The van der Waals surface area contributed by atoms with Gasteiger partial charge in [-0.2, -0.15) is 38.2 Å². The molecule has 2 aliphatic heterocycles. The molecular weight excluding hydrogens is 959 g/mol. The van der Waals surface area contributed by atoms with Gasteiger partial charge in [-0.15, -0.1) is 0 Å². The lowest BCUT2D eigenvalue weighted by atomic mass is 9.81. The lowest BCUT2D eigenvalue weighted by molar-refractivity contribution is -0.438. The Balaban J connectivity index is 1.47. The van der Waals surface area contributed by atoms with Crippen molar-refractivity contribution in [2.24, 2.45) is 0 Å². The zero-order valence-electron chi connectivity index (χ0n) is 38.2. The van der Waals surface area contributed by atoms with Crippen LogP contribution in [0.1, 0.15) is 95.8 Å². The van der Waals surface area contributed by atoms with Crippen LogP contribution in [0.5, 0.6) is 0 Å². The van der Waals surface area contributed by atoms with E-state index >= 15 is 0 Å². The molecule has 17 nitrogen and oxygen atoms in total. The van der Waals surface area contributed by atoms with E-state index in [0.717, 1.165) is 45.9 Å². The van der Waals surface area contributed by atoms with Gasteiger partial charge in [-0.25, -0.2) is 0 Å². The first-order chi connectivity index (χ1) is 31.6. The Morgan fingerprint density at radius 3 is 1.93 bits per heavy atom. The molecule has 6 N–H and O–H groups in total. The van der Waals surface area contributed by atoms with E-state index in [4.69, 9.17) is 0 Å². The van der Waals surface area contributed by atoms with Gasteiger partial charge in [0.2, 0.25) is 5.69 Å². The smallest absolute Gasteiger partial charge is 0.303 e. The van der Waals surface area contributed by atoms with Crippen molar-refractivity contribution in [2.75, 3.05) is 34.8 Å². The van der Waals surface area contributed by atoms with Crippen molar-refractivity contribution in [2.45, 2.75) is 106 Å². The molecule has 3 aromatic carbocycles. The van der Waals surface area contributed by atoms with Crippen molar-refractivity contribution in [3.8, 4) is 0 Å². The number of carboxylic acid groups (broad SMARTS) is 1. The standard InChI is InChI=1S/C47H57N3O14S4/c1-46(2)38-30-36(67(59,60)61)19-21-40(38)49(26-5-7-28-65(53,54)55)42(46)23-15-33-10-9-11-34(45(33)48-35-17-12-32(13-18-35)14-25-44(51)52)16-24-43-47(3,4)39-31-37(68(62,63)64)20-22-41(39)50(43)27-6-8-29-66(56,57)58/h12-13,15-24,30-31H,5-11,14,25-29H2,1-4H3,(H5,51,52,53,54,55,56,57,58,59,60,61,62,63,64)/p+1. The predicted molar refractivity (Wildman–Crippen MR) is 259 cm³/mol. The van der Waals surface area contributed by atoms with Gasteiger partial charge in [0.25, 0.3) is 40.5 Å². The summed E-state index contributed by atoms with van der Waals surface area (Å²) in [6.45, 7) is 8.33. The number of rotatable bonds is 20. The number of benzene rings is 3. The quantitative estimate of drug-likeness (QED) is 0.0361. The van der Waals surface area contributed by atoms with Crippen LogP contribution in [0.25, 0.3) is 0 Å². The first-order valence-corrected chi connectivity index (χ1v) is 28.1. The Morgan fingerprint density at radius 1 is 0.721 bits per heavy atom. The molecule has 3 aliphatic rings. The van der Waals surface area contributed by atoms with Crippen LogP contribution in [-0.4, -0.2) is 97.8 Å². The second kappa shape index (κ2) is 20.2. The monoisotopic (exact) mass is 1020 g/mol. The molecule has 0 bridgehead atoms. The third-order valence-corrected chi connectivity index (χ3v) is 16.0. The van der Waals surface area contributed by atoms with Gasteiger partial charge in [-0.3, -0.25) is 23.0 Å². The fourth-order valence-corrected chi connectivity index (χ4v) is 11.3. The van der Waals surface area contributed by atoms with Crippen molar-refractivity contribution >= 4 is 69.2 Å². The number of nitrogens with one attached hydrogen (secondary N) is 1. The lowest BCUT2D eigenvalue weighted by Gasteiger charge is -2.28. The van der Waals surface area contributed by atoms with Gasteiger partial charge >= 0.3 is 5.97 Å². The summed E-state index contributed by atoms with van der Waals surface area (Å²) in [4.78, 5) is 12.7. The van der Waals surface area contributed by atoms with Crippen LogP contribution < -0.4 is 10.2 Å². The molecule has 0 fully saturated rings. The summed E-state index contributed by atoms with van der Waals surface area (Å²) in [6, 6.07) is 16.1.